The van der Waals surface area contributed by atoms with Crippen molar-refractivity contribution in [1.29, 1.82) is 0 Å². The van der Waals surface area contributed by atoms with Gasteiger partial charge < -0.3 is 10.0 Å². The molecule has 0 aliphatic carbocycles. The highest BCUT2D eigenvalue weighted by molar-refractivity contribution is 14.1. The number of hydrogen-bond donors (Lipinski definition) is 1. The maximum Gasteiger partial charge on any atom is 0.270 e. The summed E-state index contributed by atoms with van der Waals surface area (Å²) >= 11 is 8.74. The second kappa shape index (κ2) is 7.35. The number of carbonyl (C=O) groups excluding carboxylic acids is 1. The number of phenolic OH excluding ortho intramolecular Hbond substituents is 1. The van der Waals surface area contributed by atoms with Crippen LogP contribution in [0.15, 0.2) is 47.4 Å². The number of phenols is 1. The largest absolute Gasteiger partial charge is 0.507 e. The van der Waals surface area contributed by atoms with Crippen LogP contribution < -0.4 is 9.80 Å². The van der Waals surface area contributed by atoms with Crippen LogP contribution in [0.2, 0.25) is 0 Å². The Balaban J connectivity index is 1.89. The average Bonchev–Trinajstić information content (AvgIpc) is 2.85. The van der Waals surface area contributed by atoms with Crippen molar-refractivity contribution in [3.05, 3.63) is 56.5 Å². The summed E-state index contributed by atoms with van der Waals surface area (Å²) in [5.74, 6) is 0.0990. The minimum Gasteiger partial charge on any atom is -0.507 e. The molecule has 1 N–H and O–H groups in total. The maximum atomic E-state index is 12.8. The molecule has 0 aromatic heterocycles. The lowest BCUT2D eigenvalue weighted by molar-refractivity contribution is -0.113. The molecule has 25 heavy (non-hydrogen) atoms. The molecule has 0 unspecified atom stereocenters. The van der Waals surface area contributed by atoms with Crippen molar-refractivity contribution in [3.8, 4) is 5.75 Å². The predicted molar refractivity (Wildman–Crippen MR) is 117 cm³/mol. The smallest absolute Gasteiger partial charge is 0.270 e. The molecule has 3 rings (SSSR count). The lowest BCUT2D eigenvalue weighted by Crippen LogP contribution is -2.27. The first-order valence-corrected chi connectivity index (χ1v) is 9.71. The quantitative estimate of drug-likeness (QED) is 0.398. The third kappa shape index (κ3) is 3.83. The first-order chi connectivity index (χ1) is 11.9. The van der Waals surface area contributed by atoms with Gasteiger partial charge in [0.25, 0.3) is 5.91 Å². The molecule has 0 saturated carbocycles. The number of carbonyl (C=O) groups is 1. The number of anilines is 2. The third-order valence-corrected chi connectivity index (χ3v) is 5.85. The van der Waals surface area contributed by atoms with E-state index in [1.807, 2.05) is 49.3 Å². The standard InChI is InChI=1S/C18H15IN2O2S2/c1-20(2)12-4-6-13(7-5-12)21-17(23)16(25-18(21)24)10-11-3-8-15(22)14(19)9-11/h3-10,22H,1-2H3/b16-10-. The van der Waals surface area contributed by atoms with E-state index < -0.39 is 0 Å². The topological polar surface area (TPSA) is 43.8 Å². The molecule has 2 aromatic carbocycles. The number of amides is 1. The molecule has 1 heterocycles. The zero-order valence-electron chi connectivity index (χ0n) is 13.6. The number of aromatic hydroxyl groups is 1. The summed E-state index contributed by atoms with van der Waals surface area (Å²) in [4.78, 5) is 16.9. The van der Waals surface area contributed by atoms with Gasteiger partial charge in [-0.15, -0.1) is 0 Å². The molecule has 0 atom stereocenters. The summed E-state index contributed by atoms with van der Waals surface area (Å²) in [6, 6.07) is 12.9. The summed E-state index contributed by atoms with van der Waals surface area (Å²) < 4.78 is 1.25. The lowest BCUT2D eigenvalue weighted by Gasteiger charge is -2.17. The predicted octanol–water partition coefficient (Wildman–Crippen LogP) is 4.47. The molecule has 1 aliphatic heterocycles. The van der Waals surface area contributed by atoms with Gasteiger partial charge in [0.05, 0.1) is 14.2 Å². The van der Waals surface area contributed by atoms with Crippen LogP contribution in [-0.2, 0) is 4.79 Å². The molecule has 0 bridgehead atoms. The molecular formula is C18H15IN2O2S2. The second-order valence-electron chi connectivity index (χ2n) is 5.64. The Morgan fingerprint density at radius 2 is 1.88 bits per heavy atom. The van der Waals surface area contributed by atoms with Gasteiger partial charge in [0.15, 0.2) is 4.32 Å². The van der Waals surface area contributed by atoms with Crippen molar-refractivity contribution < 1.29 is 9.90 Å². The van der Waals surface area contributed by atoms with Gasteiger partial charge in [-0.3, -0.25) is 9.69 Å². The number of rotatable bonds is 3. The van der Waals surface area contributed by atoms with Crippen molar-refractivity contribution in [2.45, 2.75) is 0 Å². The first-order valence-electron chi connectivity index (χ1n) is 7.40. The minimum atomic E-state index is -0.129. The molecule has 4 nitrogen and oxygen atoms in total. The van der Waals surface area contributed by atoms with Crippen molar-refractivity contribution >= 4 is 74.2 Å². The van der Waals surface area contributed by atoms with E-state index in [2.05, 4.69) is 22.6 Å². The summed E-state index contributed by atoms with van der Waals surface area (Å²) in [6.07, 6.45) is 1.80. The van der Waals surface area contributed by atoms with Crippen molar-refractivity contribution in [1.82, 2.24) is 0 Å². The summed E-state index contributed by atoms with van der Waals surface area (Å²) in [5, 5.41) is 9.62. The number of hydrogen-bond acceptors (Lipinski definition) is 5. The lowest BCUT2D eigenvalue weighted by atomic mass is 10.2. The SMILES string of the molecule is CN(C)c1ccc(N2C(=O)/C(=C/c3ccc(O)c(I)c3)SC2=S)cc1. The highest BCUT2D eigenvalue weighted by atomic mass is 127. The Hall–Kier alpha value is -1.58. The Kier molecular flexibility index (Phi) is 5.35. The van der Waals surface area contributed by atoms with E-state index >= 15 is 0 Å². The zero-order chi connectivity index (χ0) is 18.1. The normalized spacial score (nSPS) is 16.0. The van der Waals surface area contributed by atoms with E-state index in [0.29, 0.717) is 9.23 Å². The highest BCUT2D eigenvalue weighted by Gasteiger charge is 2.33. The first kappa shape index (κ1) is 18.2. The molecule has 128 valence electrons. The minimum absolute atomic E-state index is 0.129. The summed E-state index contributed by atoms with van der Waals surface area (Å²) in [5.41, 5.74) is 2.67. The third-order valence-electron chi connectivity index (χ3n) is 3.69. The van der Waals surface area contributed by atoms with Gasteiger partial charge >= 0.3 is 0 Å². The van der Waals surface area contributed by atoms with Gasteiger partial charge in [-0.2, -0.15) is 0 Å². The van der Waals surface area contributed by atoms with Crippen LogP contribution in [0.3, 0.4) is 0 Å². The maximum absolute atomic E-state index is 12.8. The van der Waals surface area contributed by atoms with Gasteiger partial charge in [0.2, 0.25) is 0 Å². The molecule has 7 heteroatoms. The van der Waals surface area contributed by atoms with E-state index in [-0.39, 0.29) is 11.7 Å². The van der Waals surface area contributed by atoms with E-state index in [1.54, 1.807) is 23.1 Å². The van der Waals surface area contributed by atoms with Crippen LogP contribution >= 0.6 is 46.6 Å². The van der Waals surface area contributed by atoms with Crippen LogP contribution in [-0.4, -0.2) is 29.4 Å². The van der Waals surface area contributed by atoms with Crippen molar-refractivity contribution in [2.24, 2.45) is 0 Å². The summed E-state index contributed by atoms with van der Waals surface area (Å²) in [7, 11) is 3.94. The van der Waals surface area contributed by atoms with Crippen LogP contribution in [0.25, 0.3) is 6.08 Å². The van der Waals surface area contributed by atoms with Crippen LogP contribution in [0.4, 0.5) is 11.4 Å². The second-order valence-corrected chi connectivity index (χ2v) is 8.48. The fourth-order valence-electron chi connectivity index (χ4n) is 2.35. The average molecular weight is 482 g/mol. The van der Waals surface area contributed by atoms with Gasteiger partial charge in [0, 0.05) is 19.8 Å². The number of nitrogens with zero attached hydrogens (tertiary/aromatic N) is 2. The van der Waals surface area contributed by atoms with E-state index in [4.69, 9.17) is 12.2 Å². The zero-order valence-corrected chi connectivity index (χ0v) is 17.4. The molecule has 1 aliphatic rings. The van der Waals surface area contributed by atoms with Gasteiger partial charge in [0.1, 0.15) is 5.75 Å². The number of halogens is 1. The van der Waals surface area contributed by atoms with Gasteiger partial charge in [-0.25, -0.2) is 0 Å². The van der Waals surface area contributed by atoms with E-state index in [9.17, 15) is 9.90 Å². The highest BCUT2D eigenvalue weighted by Crippen LogP contribution is 2.36. The molecule has 1 saturated heterocycles. The Morgan fingerprint density at radius 1 is 1.20 bits per heavy atom. The van der Waals surface area contributed by atoms with E-state index in [1.165, 1.54) is 11.8 Å². The van der Waals surface area contributed by atoms with Crippen LogP contribution in [0.1, 0.15) is 5.56 Å². The Bertz CT molecular complexity index is 879. The Morgan fingerprint density at radius 3 is 2.48 bits per heavy atom. The monoisotopic (exact) mass is 482 g/mol. The molecule has 0 spiro atoms. The fraction of sp³-hybridized carbons (Fsp3) is 0.111. The van der Waals surface area contributed by atoms with Crippen LogP contribution in [0, 0.1) is 3.57 Å². The molecule has 0 radical (unpaired) electrons. The number of thioether (sulfide) groups is 1. The fourth-order valence-corrected chi connectivity index (χ4v) is 4.19. The van der Waals surface area contributed by atoms with Crippen molar-refractivity contribution in [2.75, 3.05) is 23.9 Å². The van der Waals surface area contributed by atoms with E-state index in [0.717, 1.165) is 20.5 Å². The summed E-state index contributed by atoms with van der Waals surface area (Å²) in [6.45, 7) is 0. The van der Waals surface area contributed by atoms with Crippen molar-refractivity contribution in [3.63, 3.8) is 0 Å². The van der Waals surface area contributed by atoms with Gasteiger partial charge in [-0.1, -0.05) is 30.0 Å². The molecule has 2 aromatic rings. The Labute approximate surface area is 169 Å². The van der Waals surface area contributed by atoms with Gasteiger partial charge in [-0.05, 0) is 70.6 Å². The number of benzene rings is 2. The molecular weight excluding hydrogens is 467 g/mol. The molecule has 1 amide bonds. The van der Waals surface area contributed by atoms with Crippen LogP contribution in [0.5, 0.6) is 5.75 Å². The molecule has 1 fully saturated rings. The number of thiocarbonyl (C=S) groups is 1.